The van der Waals surface area contributed by atoms with Gasteiger partial charge in [0.25, 0.3) is 0 Å². The third-order valence-corrected chi connectivity index (χ3v) is 4.58. The van der Waals surface area contributed by atoms with Crippen LogP contribution in [0.15, 0.2) is 0 Å². The Morgan fingerprint density at radius 3 is 2.57 bits per heavy atom. The van der Waals surface area contributed by atoms with Crippen molar-refractivity contribution in [1.29, 1.82) is 0 Å². The summed E-state index contributed by atoms with van der Waals surface area (Å²) >= 11 is 0. The summed E-state index contributed by atoms with van der Waals surface area (Å²) in [6.07, 6.45) is 7.25. The first kappa shape index (κ1) is 14.4. The van der Waals surface area contributed by atoms with E-state index in [0.29, 0.717) is 23.4 Å². The van der Waals surface area contributed by atoms with Crippen LogP contribution < -0.4 is 16.0 Å². The minimum Gasteiger partial charge on any atom is -0.368 e. The predicted octanol–water partition coefficient (Wildman–Crippen LogP) is 2.43. The Bertz CT molecular complexity index is 495. The minimum atomic E-state index is 0.310. The topological polar surface area (TPSA) is 80.0 Å². The molecule has 1 saturated heterocycles. The molecule has 1 unspecified atom stereocenters. The second-order valence-corrected chi connectivity index (χ2v) is 7.11. The van der Waals surface area contributed by atoms with Gasteiger partial charge in [0.15, 0.2) is 0 Å². The maximum atomic E-state index is 5.86. The molecular formula is C15H26N6. The first-order valence-electron chi connectivity index (χ1n) is 8.05. The Hall–Kier alpha value is -1.59. The molecule has 2 fully saturated rings. The molecule has 0 aromatic carbocycles. The molecule has 6 nitrogen and oxygen atoms in total. The van der Waals surface area contributed by atoms with Gasteiger partial charge in [0.2, 0.25) is 17.8 Å². The van der Waals surface area contributed by atoms with Gasteiger partial charge in [-0.3, -0.25) is 0 Å². The van der Waals surface area contributed by atoms with Crippen molar-refractivity contribution >= 4 is 17.8 Å². The quantitative estimate of drug-likeness (QED) is 0.890. The largest absolute Gasteiger partial charge is 0.368 e. The van der Waals surface area contributed by atoms with E-state index < -0.39 is 0 Å². The van der Waals surface area contributed by atoms with Gasteiger partial charge in [-0.1, -0.05) is 13.8 Å². The van der Waals surface area contributed by atoms with E-state index in [9.17, 15) is 0 Å². The molecule has 116 valence electrons. The second-order valence-electron chi connectivity index (χ2n) is 7.11. The van der Waals surface area contributed by atoms with Gasteiger partial charge in [-0.25, -0.2) is 0 Å². The molecule has 0 spiro atoms. The van der Waals surface area contributed by atoms with Crippen LogP contribution in [0, 0.1) is 5.41 Å². The van der Waals surface area contributed by atoms with Crippen molar-refractivity contribution in [3.05, 3.63) is 0 Å². The van der Waals surface area contributed by atoms with Crippen molar-refractivity contribution in [1.82, 2.24) is 15.0 Å². The molecule has 6 heteroatoms. The van der Waals surface area contributed by atoms with Crippen LogP contribution in [0.4, 0.5) is 17.8 Å². The van der Waals surface area contributed by atoms with Gasteiger partial charge >= 0.3 is 0 Å². The van der Waals surface area contributed by atoms with Crippen LogP contribution in [0.2, 0.25) is 0 Å². The standard InChI is InChI=1S/C15H26N6/c1-15(2)7-6-11(10-15)17-13-18-12(16)19-14(20-13)21-8-4-3-5-9-21/h11H,3-10H2,1-2H3,(H3,16,17,18,19,20). The molecule has 3 N–H and O–H groups in total. The third-order valence-electron chi connectivity index (χ3n) is 4.58. The monoisotopic (exact) mass is 290 g/mol. The van der Waals surface area contributed by atoms with Crippen molar-refractivity contribution in [3.8, 4) is 0 Å². The van der Waals surface area contributed by atoms with Gasteiger partial charge in [0.1, 0.15) is 0 Å². The second kappa shape index (κ2) is 5.66. The fourth-order valence-corrected chi connectivity index (χ4v) is 3.42. The molecule has 2 heterocycles. The van der Waals surface area contributed by atoms with E-state index in [1.807, 2.05) is 0 Å². The molecule has 0 amide bonds. The summed E-state index contributed by atoms with van der Waals surface area (Å²) < 4.78 is 0. The number of hydrogen-bond acceptors (Lipinski definition) is 6. The van der Waals surface area contributed by atoms with Gasteiger partial charge in [-0.05, 0) is 43.9 Å². The number of nitrogens with zero attached hydrogens (tertiary/aromatic N) is 4. The smallest absolute Gasteiger partial charge is 0.231 e. The Balaban J connectivity index is 1.72. The molecule has 1 atom stereocenters. The Morgan fingerprint density at radius 1 is 1.14 bits per heavy atom. The molecule has 3 rings (SSSR count). The number of nitrogens with two attached hydrogens (primary N) is 1. The Labute approximate surface area is 126 Å². The van der Waals surface area contributed by atoms with Crippen molar-refractivity contribution in [2.45, 2.75) is 58.4 Å². The van der Waals surface area contributed by atoms with Gasteiger partial charge in [-0.2, -0.15) is 15.0 Å². The molecule has 2 aliphatic rings. The molecule has 1 aromatic rings. The van der Waals surface area contributed by atoms with Crippen LogP contribution in [0.3, 0.4) is 0 Å². The Morgan fingerprint density at radius 2 is 1.90 bits per heavy atom. The highest BCUT2D eigenvalue weighted by Crippen LogP contribution is 2.38. The molecule has 0 bridgehead atoms. The zero-order valence-electron chi connectivity index (χ0n) is 13.1. The molecule has 1 aliphatic heterocycles. The summed E-state index contributed by atoms with van der Waals surface area (Å²) in [6, 6.07) is 0.441. The number of hydrogen-bond donors (Lipinski definition) is 2. The highest BCUT2D eigenvalue weighted by molar-refractivity contribution is 5.42. The number of piperidine rings is 1. The lowest BCUT2D eigenvalue weighted by molar-refractivity contribution is 0.378. The van der Waals surface area contributed by atoms with E-state index in [2.05, 4.69) is 39.0 Å². The minimum absolute atomic E-state index is 0.310. The average Bonchev–Trinajstić information content (AvgIpc) is 2.78. The summed E-state index contributed by atoms with van der Waals surface area (Å²) in [6.45, 7) is 6.66. The van der Waals surface area contributed by atoms with Crippen LogP contribution in [0.1, 0.15) is 52.4 Å². The van der Waals surface area contributed by atoms with Crippen molar-refractivity contribution < 1.29 is 0 Å². The number of nitrogens with one attached hydrogen (secondary N) is 1. The first-order chi connectivity index (χ1) is 10.0. The fraction of sp³-hybridized carbons (Fsp3) is 0.800. The Kier molecular flexibility index (Phi) is 3.87. The van der Waals surface area contributed by atoms with Crippen LogP contribution in [0.5, 0.6) is 0 Å². The van der Waals surface area contributed by atoms with Gasteiger partial charge in [0, 0.05) is 19.1 Å². The van der Waals surface area contributed by atoms with Crippen LogP contribution in [0.25, 0.3) is 0 Å². The lowest BCUT2D eigenvalue weighted by Gasteiger charge is -2.27. The molecule has 1 saturated carbocycles. The summed E-state index contributed by atoms with van der Waals surface area (Å²) in [5.41, 5.74) is 6.27. The number of nitrogen functional groups attached to an aromatic ring is 1. The first-order valence-corrected chi connectivity index (χ1v) is 8.05. The number of aromatic nitrogens is 3. The van der Waals surface area contributed by atoms with Gasteiger partial charge in [0.05, 0.1) is 0 Å². The van der Waals surface area contributed by atoms with Crippen LogP contribution >= 0.6 is 0 Å². The summed E-state index contributed by atoms with van der Waals surface area (Å²) in [5, 5.41) is 3.45. The average molecular weight is 290 g/mol. The zero-order valence-corrected chi connectivity index (χ0v) is 13.1. The molecule has 1 aliphatic carbocycles. The van der Waals surface area contributed by atoms with E-state index in [1.165, 1.54) is 25.7 Å². The predicted molar refractivity (Wildman–Crippen MR) is 85.3 cm³/mol. The van der Waals surface area contributed by atoms with E-state index in [-0.39, 0.29) is 0 Å². The molecular weight excluding hydrogens is 264 g/mol. The number of rotatable bonds is 3. The maximum Gasteiger partial charge on any atom is 0.231 e. The SMILES string of the molecule is CC1(C)CCC(Nc2nc(N)nc(N3CCCCC3)n2)C1. The zero-order chi connectivity index (χ0) is 14.9. The fourth-order valence-electron chi connectivity index (χ4n) is 3.42. The number of anilines is 3. The summed E-state index contributed by atoms with van der Waals surface area (Å²) in [4.78, 5) is 15.4. The van der Waals surface area contributed by atoms with Crippen LogP contribution in [-0.4, -0.2) is 34.1 Å². The highest BCUT2D eigenvalue weighted by Gasteiger charge is 2.31. The lowest BCUT2D eigenvalue weighted by atomic mass is 9.92. The summed E-state index contributed by atoms with van der Waals surface area (Å²) in [7, 11) is 0. The van der Waals surface area contributed by atoms with E-state index in [1.54, 1.807) is 0 Å². The van der Waals surface area contributed by atoms with Crippen molar-refractivity contribution in [2.75, 3.05) is 29.0 Å². The van der Waals surface area contributed by atoms with Gasteiger partial charge < -0.3 is 16.0 Å². The van der Waals surface area contributed by atoms with E-state index in [4.69, 9.17) is 5.73 Å². The van der Waals surface area contributed by atoms with E-state index in [0.717, 1.165) is 31.9 Å². The normalized spacial score (nSPS) is 25.0. The van der Waals surface area contributed by atoms with Gasteiger partial charge in [-0.15, -0.1) is 0 Å². The maximum absolute atomic E-state index is 5.86. The highest BCUT2D eigenvalue weighted by atomic mass is 15.3. The van der Waals surface area contributed by atoms with Crippen molar-refractivity contribution in [2.24, 2.45) is 5.41 Å². The van der Waals surface area contributed by atoms with Crippen molar-refractivity contribution in [3.63, 3.8) is 0 Å². The summed E-state index contributed by atoms with van der Waals surface area (Å²) in [5.74, 6) is 1.66. The van der Waals surface area contributed by atoms with Crippen LogP contribution in [-0.2, 0) is 0 Å². The third kappa shape index (κ3) is 3.54. The molecule has 1 aromatic heterocycles. The molecule has 0 radical (unpaired) electrons. The van der Waals surface area contributed by atoms with E-state index >= 15 is 0 Å². The lowest BCUT2D eigenvalue weighted by Crippen LogP contribution is -2.32. The molecule has 21 heavy (non-hydrogen) atoms.